The SMILES string of the molecule is Cc1c(-c2nc(C3(N)CCCC3)no2)oc2ccc(Br)cc12.Cl. The predicted octanol–water partition coefficient (Wildman–Crippen LogP) is 4.70. The van der Waals surface area contributed by atoms with Crippen molar-refractivity contribution >= 4 is 39.3 Å². The van der Waals surface area contributed by atoms with Gasteiger partial charge in [0.25, 0.3) is 5.89 Å². The maximum absolute atomic E-state index is 6.38. The molecule has 0 spiro atoms. The minimum Gasteiger partial charge on any atom is -0.451 e. The second kappa shape index (κ2) is 5.92. The molecule has 5 nitrogen and oxygen atoms in total. The number of aryl methyl sites for hydroxylation is 1. The fourth-order valence-corrected chi connectivity index (χ4v) is 3.51. The first-order valence-corrected chi connectivity index (χ1v) is 8.18. The number of furan rings is 1. The van der Waals surface area contributed by atoms with Crippen LogP contribution in [0.15, 0.2) is 31.6 Å². The third kappa shape index (κ3) is 2.69. The predicted molar refractivity (Wildman–Crippen MR) is 93.5 cm³/mol. The summed E-state index contributed by atoms with van der Waals surface area (Å²) < 4.78 is 12.3. The van der Waals surface area contributed by atoms with Crippen molar-refractivity contribution in [1.29, 1.82) is 0 Å². The number of rotatable bonds is 2. The quantitative estimate of drug-likeness (QED) is 0.676. The van der Waals surface area contributed by atoms with Crippen LogP contribution in [0.4, 0.5) is 0 Å². The highest BCUT2D eigenvalue weighted by atomic mass is 79.9. The molecule has 0 radical (unpaired) electrons. The standard InChI is InChI=1S/C16H16BrN3O2.ClH/c1-9-11-8-10(17)4-5-12(11)21-13(9)14-19-15(20-22-14)16(18)6-2-3-7-16;/h4-5,8H,2-3,6-7,18H2,1H3;1H. The molecule has 0 saturated heterocycles. The Morgan fingerprint density at radius 1 is 1.26 bits per heavy atom. The van der Waals surface area contributed by atoms with E-state index in [0.717, 1.165) is 46.7 Å². The molecule has 2 N–H and O–H groups in total. The van der Waals surface area contributed by atoms with E-state index < -0.39 is 5.54 Å². The monoisotopic (exact) mass is 397 g/mol. The van der Waals surface area contributed by atoms with Crippen molar-refractivity contribution in [1.82, 2.24) is 10.1 Å². The number of aromatic nitrogens is 2. The zero-order valence-corrected chi connectivity index (χ0v) is 15.0. The molecule has 3 aromatic rings. The van der Waals surface area contributed by atoms with Crippen LogP contribution in [-0.4, -0.2) is 10.1 Å². The van der Waals surface area contributed by atoms with Gasteiger partial charge in [0.05, 0.1) is 5.54 Å². The lowest BCUT2D eigenvalue weighted by molar-refractivity contribution is 0.369. The minimum absolute atomic E-state index is 0. The van der Waals surface area contributed by atoms with Gasteiger partial charge in [-0.05, 0) is 38.0 Å². The van der Waals surface area contributed by atoms with Crippen molar-refractivity contribution in [3.63, 3.8) is 0 Å². The van der Waals surface area contributed by atoms with Gasteiger partial charge in [-0.3, -0.25) is 0 Å². The third-order valence-corrected chi connectivity index (χ3v) is 4.95. The average Bonchev–Trinajstić information content (AvgIpc) is 3.20. The molecular weight excluding hydrogens is 382 g/mol. The maximum atomic E-state index is 6.38. The van der Waals surface area contributed by atoms with Gasteiger partial charge in [-0.1, -0.05) is 33.9 Å². The number of halogens is 2. The Bertz CT molecular complexity index is 852. The van der Waals surface area contributed by atoms with Crippen LogP contribution in [0.1, 0.15) is 37.1 Å². The van der Waals surface area contributed by atoms with Crippen LogP contribution in [0.3, 0.4) is 0 Å². The van der Waals surface area contributed by atoms with Gasteiger partial charge in [0.1, 0.15) is 5.58 Å². The summed E-state index contributed by atoms with van der Waals surface area (Å²) in [6.45, 7) is 1.99. The summed E-state index contributed by atoms with van der Waals surface area (Å²) in [5.41, 5.74) is 7.72. The van der Waals surface area contributed by atoms with Gasteiger partial charge in [-0.15, -0.1) is 12.4 Å². The summed E-state index contributed by atoms with van der Waals surface area (Å²) in [7, 11) is 0. The first-order chi connectivity index (χ1) is 10.6. The Hall–Kier alpha value is -1.37. The van der Waals surface area contributed by atoms with Crippen LogP contribution in [0.5, 0.6) is 0 Å². The minimum atomic E-state index is -0.454. The van der Waals surface area contributed by atoms with E-state index in [1.165, 1.54) is 0 Å². The maximum Gasteiger partial charge on any atom is 0.294 e. The molecular formula is C16H17BrClN3O2. The van der Waals surface area contributed by atoms with E-state index in [1.807, 2.05) is 25.1 Å². The van der Waals surface area contributed by atoms with Crippen LogP contribution in [-0.2, 0) is 5.54 Å². The Morgan fingerprint density at radius 2 is 2.00 bits per heavy atom. The van der Waals surface area contributed by atoms with E-state index in [0.29, 0.717) is 17.5 Å². The largest absolute Gasteiger partial charge is 0.451 e. The third-order valence-electron chi connectivity index (χ3n) is 4.46. The molecule has 4 rings (SSSR count). The molecule has 1 aliphatic carbocycles. The second-order valence-electron chi connectivity index (χ2n) is 5.98. The summed E-state index contributed by atoms with van der Waals surface area (Å²) in [5, 5.41) is 5.13. The van der Waals surface area contributed by atoms with E-state index in [-0.39, 0.29) is 12.4 Å². The van der Waals surface area contributed by atoms with Crippen molar-refractivity contribution < 1.29 is 8.94 Å². The highest BCUT2D eigenvalue weighted by molar-refractivity contribution is 9.10. The first-order valence-electron chi connectivity index (χ1n) is 7.39. The molecule has 1 aromatic carbocycles. The van der Waals surface area contributed by atoms with Gasteiger partial charge in [-0.2, -0.15) is 4.98 Å². The van der Waals surface area contributed by atoms with Gasteiger partial charge in [0.15, 0.2) is 11.6 Å². The van der Waals surface area contributed by atoms with Gasteiger partial charge >= 0.3 is 0 Å². The van der Waals surface area contributed by atoms with Gasteiger partial charge in [0.2, 0.25) is 0 Å². The molecule has 7 heteroatoms. The topological polar surface area (TPSA) is 78.1 Å². The van der Waals surface area contributed by atoms with E-state index >= 15 is 0 Å². The van der Waals surface area contributed by atoms with Crippen LogP contribution in [0.2, 0.25) is 0 Å². The van der Waals surface area contributed by atoms with Gasteiger partial charge < -0.3 is 14.7 Å². The zero-order valence-electron chi connectivity index (χ0n) is 12.6. The van der Waals surface area contributed by atoms with E-state index in [2.05, 4.69) is 26.1 Å². The lowest BCUT2D eigenvalue weighted by Gasteiger charge is -2.17. The number of nitrogens with zero attached hydrogens (tertiary/aromatic N) is 2. The molecule has 0 bridgehead atoms. The molecule has 0 atom stereocenters. The molecule has 0 aliphatic heterocycles. The van der Waals surface area contributed by atoms with Gasteiger partial charge in [0, 0.05) is 15.4 Å². The van der Waals surface area contributed by atoms with E-state index in [9.17, 15) is 0 Å². The Balaban J connectivity index is 0.00000156. The Labute approximate surface area is 148 Å². The Kier molecular flexibility index (Phi) is 4.25. The van der Waals surface area contributed by atoms with Crippen LogP contribution >= 0.6 is 28.3 Å². The average molecular weight is 399 g/mol. The summed E-state index contributed by atoms with van der Waals surface area (Å²) in [6.07, 6.45) is 4.02. The molecule has 1 fully saturated rings. The molecule has 2 heterocycles. The van der Waals surface area contributed by atoms with Crippen molar-refractivity contribution in [2.75, 3.05) is 0 Å². The zero-order chi connectivity index (χ0) is 15.3. The van der Waals surface area contributed by atoms with Crippen molar-refractivity contribution in [3.8, 4) is 11.7 Å². The number of fused-ring (bicyclic) bond motifs is 1. The molecule has 2 aromatic heterocycles. The summed E-state index contributed by atoms with van der Waals surface area (Å²) in [4.78, 5) is 4.50. The smallest absolute Gasteiger partial charge is 0.294 e. The summed E-state index contributed by atoms with van der Waals surface area (Å²) in [6, 6.07) is 5.90. The van der Waals surface area contributed by atoms with Crippen LogP contribution in [0, 0.1) is 6.92 Å². The normalized spacial score (nSPS) is 16.7. The molecule has 1 aliphatic rings. The molecule has 0 amide bonds. The van der Waals surface area contributed by atoms with Crippen molar-refractivity contribution in [2.24, 2.45) is 5.73 Å². The van der Waals surface area contributed by atoms with Crippen LogP contribution in [0.25, 0.3) is 22.6 Å². The molecule has 122 valence electrons. The number of hydrogen-bond acceptors (Lipinski definition) is 5. The second-order valence-corrected chi connectivity index (χ2v) is 6.90. The first kappa shape index (κ1) is 16.5. The number of hydrogen-bond donors (Lipinski definition) is 1. The van der Waals surface area contributed by atoms with Gasteiger partial charge in [-0.25, -0.2) is 0 Å². The molecule has 1 saturated carbocycles. The fourth-order valence-electron chi connectivity index (χ4n) is 3.14. The highest BCUT2D eigenvalue weighted by Crippen LogP contribution is 2.37. The lowest BCUT2D eigenvalue weighted by Crippen LogP contribution is -2.34. The summed E-state index contributed by atoms with van der Waals surface area (Å²) >= 11 is 3.48. The van der Waals surface area contributed by atoms with E-state index in [4.69, 9.17) is 14.7 Å². The van der Waals surface area contributed by atoms with E-state index in [1.54, 1.807) is 0 Å². The molecule has 23 heavy (non-hydrogen) atoms. The van der Waals surface area contributed by atoms with Crippen molar-refractivity contribution in [3.05, 3.63) is 34.1 Å². The molecule has 0 unspecified atom stereocenters. The highest BCUT2D eigenvalue weighted by Gasteiger charge is 2.36. The number of nitrogens with two attached hydrogens (primary N) is 1. The fraction of sp³-hybridized carbons (Fsp3) is 0.375. The van der Waals surface area contributed by atoms with Crippen molar-refractivity contribution in [2.45, 2.75) is 38.1 Å². The number of benzene rings is 1. The Morgan fingerprint density at radius 3 is 2.74 bits per heavy atom. The van der Waals surface area contributed by atoms with Crippen LogP contribution < -0.4 is 5.73 Å². The lowest BCUT2D eigenvalue weighted by atomic mass is 9.99. The summed E-state index contributed by atoms with van der Waals surface area (Å²) in [5.74, 6) is 1.60.